The lowest BCUT2D eigenvalue weighted by Gasteiger charge is -2.26. The number of hydrogen-bond acceptors (Lipinski definition) is 7. The lowest BCUT2D eigenvalue weighted by molar-refractivity contribution is -0.138. The van der Waals surface area contributed by atoms with Crippen LogP contribution in [-0.2, 0) is 9.53 Å². The van der Waals surface area contributed by atoms with Gasteiger partial charge < -0.3 is 14.6 Å². The predicted octanol–water partition coefficient (Wildman–Crippen LogP) is 4.41. The molecule has 0 spiro atoms. The minimum absolute atomic E-state index is 0.106. The summed E-state index contributed by atoms with van der Waals surface area (Å²) in [5.74, 6) is 0.228. The summed E-state index contributed by atoms with van der Waals surface area (Å²) in [6.45, 7) is 1.92. The van der Waals surface area contributed by atoms with Gasteiger partial charge in [0, 0.05) is 5.56 Å². The molecule has 4 aromatic rings. The molecule has 5 rings (SSSR count). The van der Waals surface area contributed by atoms with Gasteiger partial charge in [0.25, 0.3) is 5.56 Å². The molecule has 0 amide bonds. The quantitative estimate of drug-likeness (QED) is 0.336. The van der Waals surface area contributed by atoms with Crippen LogP contribution >= 0.6 is 27.3 Å². The molecule has 1 aromatic heterocycles. The van der Waals surface area contributed by atoms with E-state index in [9.17, 15) is 14.7 Å². The Bertz CT molecular complexity index is 1720. The van der Waals surface area contributed by atoms with Crippen LogP contribution in [0.5, 0.6) is 11.5 Å². The van der Waals surface area contributed by atoms with Gasteiger partial charge in [-0.15, -0.1) is 0 Å². The van der Waals surface area contributed by atoms with E-state index in [0.717, 1.165) is 16.7 Å². The fraction of sp³-hybridized carbons (Fsp3) is 0.138. The first kappa shape index (κ1) is 25.7. The zero-order valence-corrected chi connectivity index (χ0v) is 23.0. The third-order valence-electron chi connectivity index (χ3n) is 6.07. The fourth-order valence-electron chi connectivity index (χ4n) is 4.31. The summed E-state index contributed by atoms with van der Waals surface area (Å²) < 4.78 is 13.3. The molecule has 0 fully saturated rings. The van der Waals surface area contributed by atoms with E-state index >= 15 is 0 Å². The molecule has 2 heterocycles. The number of ether oxygens (including phenoxy) is 2. The molecule has 0 unspecified atom stereocenters. The highest BCUT2D eigenvalue weighted by Gasteiger charge is 2.35. The van der Waals surface area contributed by atoms with E-state index in [-0.39, 0.29) is 23.5 Å². The highest BCUT2D eigenvalue weighted by Crippen LogP contribution is 2.35. The molecule has 192 valence electrons. The number of nitrogens with zero attached hydrogens (tertiary/aromatic N) is 2. The Morgan fingerprint density at radius 2 is 1.87 bits per heavy atom. The van der Waals surface area contributed by atoms with Crippen LogP contribution < -0.4 is 19.6 Å². The van der Waals surface area contributed by atoms with E-state index in [1.165, 1.54) is 11.3 Å². The molecule has 0 saturated carbocycles. The molecular formula is C29H23BrN2O5S. The number of hydrogen-bond donors (Lipinski definition) is 1. The van der Waals surface area contributed by atoms with Crippen LogP contribution in [0.15, 0.2) is 92.6 Å². The maximum atomic E-state index is 13.9. The van der Waals surface area contributed by atoms with Crippen molar-refractivity contribution < 1.29 is 19.4 Å². The van der Waals surface area contributed by atoms with Crippen molar-refractivity contribution >= 4 is 45.0 Å². The number of esters is 1. The highest BCUT2D eigenvalue weighted by atomic mass is 79.9. The summed E-state index contributed by atoms with van der Waals surface area (Å²) in [7, 11) is 1.58. The molecule has 0 aliphatic carbocycles. The maximum absolute atomic E-state index is 13.9. The largest absolute Gasteiger partial charge is 0.507 e. The van der Waals surface area contributed by atoms with Gasteiger partial charge in [-0.3, -0.25) is 9.36 Å². The minimum atomic E-state index is -0.764. The number of carbonyl (C=O) groups excluding carboxylic acids is 1. The van der Waals surface area contributed by atoms with Gasteiger partial charge >= 0.3 is 5.97 Å². The molecule has 3 aromatic carbocycles. The van der Waals surface area contributed by atoms with Gasteiger partial charge in [-0.05, 0) is 64.3 Å². The smallest absolute Gasteiger partial charge is 0.338 e. The number of halogens is 1. The first-order valence-electron chi connectivity index (χ1n) is 11.8. The third-order valence-corrected chi connectivity index (χ3v) is 7.69. The Morgan fingerprint density at radius 1 is 1.13 bits per heavy atom. The first-order valence-corrected chi connectivity index (χ1v) is 13.4. The molecule has 9 heteroatoms. The number of phenolic OH excluding ortho intramolecular Hbond substituents is 1. The highest BCUT2D eigenvalue weighted by molar-refractivity contribution is 9.10. The number of phenols is 1. The molecule has 1 N–H and O–H groups in total. The zero-order valence-electron chi connectivity index (χ0n) is 20.6. The second kappa shape index (κ2) is 10.8. The van der Waals surface area contributed by atoms with E-state index in [4.69, 9.17) is 14.5 Å². The molecule has 0 bridgehead atoms. The normalized spacial score (nSPS) is 15.1. The summed E-state index contributed by atoms with van der Waals surface area (Å²) >= 11 is 4.56. The Balaban J connectivity index is 1.81. The van der Waals surface area contributed by atoms with Crippen molar-refractivity contribution in [2.24, 2.45) is 4.99 Å². The standard InChI is InChI=1S/C29H23BrN2O5S/c1-3-37-28(35)24-25(18-7-5-4-6-8-18)31-29-32(26(24)19-10-12-20(36-2)13-11-19)27(34)23(38-29)16-17-9-14-22(33)21(30)15-17/h4-16,26,33H,3H2,1-2H3/b23-16-/t26-/m0/s1. The molecule has 1 aliphatic rings. The molecule has 7 nitrogen and oxygen atoms in total. The van der Waals surface area contributed by atoms with Crippen LogP contribution in [0.25, 0.3) is 11.8 Å². The molecule has 38 heavy (non-hydrogen) atoms. The second-order valence-electron chi connectivity index (χ2n) is 8.42. The van der Waals surface area contributed by atoms with Crippen LogP contribution in [-0.4, -0.2) is 29.4 Å². The number of thiazole rings is 1. The number of aromatic nitrogens is 1. The molecule has 1 aliphatic heterocycles. The van der Waals surface area contributed by atoms with Crippen LogP contribution in [0.3, 0.4) is 0 Å². The summed E-state index contributed by atoms with van der Waals surface area (Å²) in [5, 5.41) is 9.86. The lowest BCUT2D eigenvalue weighted by atomic mass is 9.93. The predicted molar refractivity (Wildman–Crippen MR) is 150 cm³/mol. The number of benzene rings is 3. The Labute approximate surface area is 230 Å². The van der Waals surface area contributed by atoms with Gasteiger partial charge in [0.1, 0.15) is 11.5 Å². The third kappa shape index (κ3) is 4.82. The monoisotopic (exact) mass is 590 g/mol. The van der Waals surface area contributed by atoms with Gasteiger partial charge in [-0.25, -0.2) is 9.79 Å². The topological polar surface area (TPSA) is 90.1 Å². The average molecular weight is 591 g/mol. The lowest BCUT2D eigenvalue weighted by Crippen LogP contribution is -2.40. The van der Waals surface area contributed by atoms with E-state index in [1.54, 1.807) is 55.0 Å². The summed E-state index contributed by atoms with van der Waals surface area (Å²) in [6, 6.07) is 20.9. The zero-order chi connectivity index (χ0) is 26.8. The first-order chi connectivity index (χ1) is 18.4. The van der Waals surface area contributed by atoms with Gasteiger partial charge in [0.05, 0.1) is 40.0 Å². The Morgan fingerprint density at radius 3 is 2.53 bits per heavy atom. The van der Waals surface area contributed by atoms with Gasteiger partial charge in [0.15, 0.2) is 4.80 Å². The van der Waals surface area contributed by atoms with Crippen LogP contribution in [0, 0.1) is 0 Å². The number of rotatable bonds is 6. The molecule has 0 saturated heterocycles. The summed E-state index contributed by atoms with van der Waals surface area (Å²) in [5.41, 5.74) is 2.66. The van der Waals surface area contributed by atoms with Gasteiger partial charge in [-0.2, -0.15) is 0 Å². The summed E-state index contributed by atoms with van der Waals surface area (Å²) in [6.07, 6.45) is 1.75. The van der Waals surface area contributed by atoms with E-state index in [0.29, 0.717) is 25.3 Å². The van der Waals surface area contributed by atoms with Gasteiger partial charge in [-0.1, -0.05) is 59.9 Å². The van der Waals surface area contributed by atoms with Crippen molar-refractivity contribution in [3.05, 3.63) is 119 Å². The van der Waals surface area contributed by atoms with E-state index < -0.39 is 12.0 Å². The van der Waals surface area contributed by atoms with Gasteiger partial charge in [0.2, 0.25) is 0 Å². The van der Waals surface area contributed by atoms with Crippen molar-refractivity contribution in [1.82, 2.24) is 4.57 Å². The Kier molecular flexibility index (Phi) is 7.31. The second-order valence-corrected chi connectivity index (χ2v) is 10.3. The average Bonchev–Trinajstić information content (AvgIpc) is 3.24. The number of carbonyl (C=O) groups is 1. The molecule has 1 atom stereocenters. The van der Waals surface area contributed by atoms with Crippen molar-refractivity contribution in [2.75, 3.05) is 13.7 Å². The van der Waals surface area contributed by atoms with Crippen molar-refractivity contribution in [3.8, 4) is 11.5 Å². The minimum Gasteiger partial charge on any atom is -0.507 e. The van der Waals surface area contributed by atoms with Crippen molar-refractivity contribution in [3.63, 3.8) is 0 Å². The van der Waals surface area contributed by atoms with Crippen LogP contribution in [0.4, 0.5) is 0 Å². The Hall–Kier alpha value is -3.95. The number of methoxy groups -OCH3 is 1. The fourth-order valence-corrected chi connectivity index (χ4v) is 5.70. The van der Waals surface area contributed by atoms with Crippen LogP contribution in [0.2, 0.25) is 0 Å². The SMILES string of the molecule is CCOC(=O)C1=C(c2ccccc2)N=c2s/c(=C\c3ccc(O)c(Br)c3)c(=O)n2[C@H]1c1ccc(OC)cc1. The van der Waals surface area contributed by atoms with Crippen LogP contribution in [0.1, 0.15) is 29.7 Å². The van der Waals surface area contributed by atoms with E-state index in [1.807, 2.05) is 42.5 Å². The van der Waals surface area contributed by atoms with Crippen molar-refractivity contribution in [2.45, 2.75) is 13.0 Å². The maximum Gasteiger partial charge on any atom is 0.338 e. The summed E-state index contributed by atoms with van der Waals surface area (Å²) in [4.78, 5) is 32.6. The van der Waals surface area contributed by atoms with E-state index in [2.05, 4.69) is 15.9 Å². The van der Waals surface area contributed by atoms with Crippen molar-refractivity contribution in [1.29, 1.82) is 0 Å². The molecule has 0 radical (unpaired) electrons. The number of aromatic hydroxyl groups is 1. The number of fused-ring (bicyclic) bond motifs is 1. The molecular weight excluding hydrogens is 568 g/mol.